The fourth-order valence-corrected chi connectivity index (χ4v) is 3.39. The van der Waals surface area contributed by atoms with Crippen molar-refractivity contribution in [3.8, 4) is 0 Å². The zero-order valence-electron chi connectivity index (χ0n) is 14.0. The molecule has 1 aliphatic heterocycles. The van der Waals surface area contributed by atoms with E-state index in [1.54, 1.807) is 0 Å². The molecule has 3 rings (SSSR count). The van der Waals surface area contributed by atoms with Crippen LogP contribution in [0, 0.1) is 5.92 Å². The molecule has 2 aliphatic rings. The highest BCUT2D eigenvalue weighted by atomic mass is 16.3. The number of piperidine rings is 1. The van der Waals surface area contributed by atoms with Crippen molar-refractivity contribution < 1.29 is 9.90 Å². The summed E-state index contributed by atoms with van der Waals surface area (Å²) in [6.45, 7) is 4.62. The molecule has 4 heteroatoms. The Morgan fingerprint density at radius 1 is 1.30 bits per heavy atom. The summed E-state index contributed by atoms with van der Waals surface area (Å²) in [4.78, 5) is 14.7. The van der Waals surface area contributed by atoms with Crippen molar-refractivity contribution in [1.29, 1.82) is 0 Å². The van der Waals surface area contributed by atoms with Crippen LogP contribution in [0.25, 0.3) is 0 Å². The second kappa shape index (κ2) is 7.02. The molecule has 23 heavy (non-hydrogen) atoms. The number of hydrogen-bond donors (Lipinski definition) is 2. The Morgan fingerprint density at radius 3 is 2.52 bits per heavy atom. The molecule has 1 aliphatic carbocycles. The number of nitrogens with zero attached hydrogens (tertiary/aromatic N) is 1. The molecule has 2 N–H and O–H groups in total. The van der Waals surface area contributed by atoms with Crippen molar-refractivity contribution in [1.82, 2.24) is 10.2 Å². The van der Waals surface area contributed by atoms with Crippen molar-refractivity contribution in [3.05, 3.63) is 35.9 Å². The zero-order valence-corrected chi connectivity index (χ0v) is 14.0. The van der Waals surface area contributed by atoms with Gasteiger partial charge in [0.05, 0.1) is 12.5 Å². The highest BCUT2D eigenvalue weighted by Gasteiger charge is 2.37. The molecule has 4 nitrogen and oxygen atoms in total. The Bertz CT molecular complexity index is 519. The molecule has 1 aromatic rings. The molecule has 1 aromatic carbocycles. The lowest BCUT2D eigenvalue weighted by Gasteiger charge is -2.42. The van der Waals surface area contributed by atoms with Gasteiger partial charge in [-0.25, -0.2) is 0 Å². The molecule has 1 atom stereocenters. The number of carbonyl (C=O) groups is 1. The fourth-order valence-electron chi connectivity index (χ4n) is 3.39. The third kappa shape index (κ3) is 3.93. The minimum Gasteiger partial charge on any atom is -0.394 e. The first-order valence-corrected chi connectivity index (χ1v) is 8.83. The summed E-state index contributed by atoms with van der Waals surface area (Å²) >= 11 is 0. The van der Waals surface area contributed by atoms with E-state index in [-0.39, 0.29) is 24.0 Å². The van der Waals surface area contributed by atoms with Crippen LogP contribution in [0.4, 0.5) is 0 Å². The van der Waals surface area contributed by atoms with Crippen molar-refractivity contribution in [2.45, 2.75) is 44.1 Å². The number of carbonyl (C=O) groups excluding carboxylic acids is 1. The van der Waals surface area contributed by atoms with E-state index in [1.165, 1.54) is 12.8 Å². The molecular weight excluding hydrogens is 288 g/mol. The normalized spacial score (nSPS) is 21.9. The second-order valence-corrected chi connectivity index (χ2v) is 7.22. The van der Waals surface area contributed by atoms with Gasteiger partial charge in [0.2, 0.25) is 5.91 Å². The Kier molecular flexibility index (Phi) is 5.02. The SMILES string of the molecule is C[C@@H](C(=O)N1CCC(CO)(NCC2CC2)CC1)c1ccccc1. The predicted octanol–water partition coefficient (Wildman–Crippen LogP) is 2.14. The van der Waals surface area contributed by atoms with Crippen LogP contribution in [0.15, 0.2) is 30.3 Å². The number of aliphatic hydroxyl groups excluding tert-OH is 1. The van der Waals surface area contributed by atoms with Gasteiger partial charge in [0.15, 0.2) is 0 Å². The number of nitrogens with one attached hydrogen (secondary N) is 1. The number of likely N-dealkylation sites (tertiary alicyclic amines) is 1. The van der Waals surface area contributed by atoms with Crippen LogP contribution < -0.4 is 5.32 Å². The first-order chi connectivity index (χ1) is 11.1. The lowest BCUT2D eigenvalue weighted by Crippen LogP contribution is -2.57. The molecule has 0 bridgehead atoms. The van der Waals surface area contributed by atoms with Crippen LogP contribution in [0.1, 0.15) is 44.1 Å². The maximum Gasteiger partial charge on any atom is 0.229 e. The van der Waals surface area contributed by atoms with Gasteiger partial charge >= 0.3 is 0 Å². The smallest absolute Gasteiger partial charge is 0.229 e. The van der Waals surface area contributed by atoms with Crippen molar-refractivity contribution in [3.63, 3.8) is 0 Å². The fraction of sp³-hybridized carbons (Fsp3) is 0.632. The molecule has 0 aromatic heterocycles. The zero-order chi connectivity index (χ0) is 16.3. The van der Waals surface area contributed by atoms with Crippen molar-refractivity contribution in [2.24, 2.45) is 5.92 Å². The molecular formula is C19H28N2O2. The number of benzene rings is 1. The molecule has 126 valence electrons. The van der Waals surface area contributed by atoms with Gasteiger partial charge in [-0.15, -0.1) is 0 Å². The topological polar surface area (TPSA) is 52.6 Å². The summed E-state index contributed by atoms with van der Waals surface area (Å²) in [5, 5.41) is 13.4. The molecule has 0 radical (unpaired) electrons. The molecule has 1 heterocycles. The van der Waals surface area contributed by atoms with E-state index in [4.69, 9.17) is 0 Å². The van der Waals surface area contributed by atoms with Gasteiger partial charge in [0.1, 0.15) is 0 Å². The van der Waals surface area contributed by atoms with E-state index in [2.05, 4.69) is 5.32 Å². The lowest BCUT2D eigenvalue weighted by molar-refractivity contribution is -0.134. The van der Waals surface area contributed by atoms with Gasteiger partial charge < -0.3 is 15.3 Å². The number of rotatable bonds is 6. The monoisotopic (exact) mass is 316 g/mol. The summed E-state index contributed by atoms with van der Waals surface area (Å²) in [5.41, 5.74) is 0.887. The van der Waals surface area contributed by atoms with Gasteiger partial charge in [-0.1, -0.05) is 30.3 Å². The molecule has 0 unspecified atom stereocenters. The molecule has 1 saturated carbocycles. The van der Waals surface area contributed by atoms with E-state index < -0.39 is 0 Å². The van der Waals surface area contributed by atoms with Crippen molar-refractivity contribution in [2.75, 3.05) is 26.2 Å². The van der Waals surface area contributed by atoms with Crippen LogP contribution in [-0.4, -0.2) is 47.7 Å². The Balaban J connectivity index is 1.55. The molecule has 2 fully saturated rings. The minimum absolute atomic E-state index is 0.0998. The Labute approximate surface area is 138 Å². The first-order valence-electron chi connectivity index (χ1n) is 8.83. The van der Waals surface area contributed by atoms with Crippen LogP contribution in [0.2, 0.25) is 0 Å². The third-order valence-corrected chi connectivity index (χ3v) is 5.47. The minimum atomic E-state index is -0.185. The second-order valence-electron chi connectivity index (χ2n) is 7.22. The molecule has 1 amide bonds. The van der Waals surface area contributed by atoms with E-state index in [9.17, 15) is 9.90 Å². The highest BCUT2D eigenvalue weighted by Crippen LogP contribution is 2.30. The summed E-state index contributed by atoms with van der Waals surface area (Å²) in [5.74, 6) is 0.901. The van der Waals surface area contributed by atoms with Gasteiger partial charge in [-0.05, 0) is 50.6 Å². The van der Waals surface area contributed by atoms with Crippen LogP contribution in [0.5, 0.6) is 0 Å². The standard InChI is InChI=1S/C19H28N2O2/c1-15(17-5-3-2-4-6-17)18(23)21-11-9-19(14-22,10-12-21)20-13-16-7-8-16/h2-6,15-16,20,22H,7-14H2,1H3/t15-/m1/s1. The number of hydrogen-bond acceptors (Lipinski definition) is 3. The number of amides is 1. The van der Waals surface area contributed by atoms with Gasteiger partial charge in [-0.3, -0.25) is 4.79 Å². The average molecular weight is 316 g/mol. The van der Waals surface area contributed by atoms with Crippen LogP contribution in [0.3, 0.4) is 0 Å². The van der Waals surface area contributed by atoms with Crippen molar-refractivity contribution >= 4 is 5.91 Å². The maximum atomic E-state index is 12.7. The van der Waals surface area contributed by atoms with E-state index in [0.29, 0.717) is 0 Å². The van der Waals surface area contributed by atoms with Gasteiger partial charge in [0.25, 0.3) is 0 Å². The lowest BCUT2D eigenvalue weighted by atomic mass is 9.87. The van der Waals surface area contributed by atoms with E-state index in [1.807, 2.05) is 42.2 Å². The van der Waals surface area contributed by atoms with Gasteiger partial charge in [-0.2, -0.15) is 0 Å². The largest absolute Gasteiger partial charge is 0.394 e. The molecule has 0 spiro atoms. The quantitative estimate of drug-likeness (QED) is 0.845. The van der Waals surface area contributed by atoms with Gasteiger partial charge in [0, 0.05) is 18.6 Å². The third-order valence-electron chi connectivity index (χ3n) is 5.47. The summed E-state index contributed by atoms with van der Waals surface area (Å²) in [7, 11) is 0. The summed E-state index contributed by atoms with van der Waals surface area (Å²) in [6, 6.07) is 9.97. The Morgan fingerprint density at radius 2 is 1.96 bits per heavy atom. The average Bonchev–Trinajstić information content (AvgIpc) is 3.44. The van der Waals surface area contributed by atoms with Crippen LogP contribution in [-0.2, 0) is 4.79 Å². The Hall–Kier alpha value is -1.39. The van der Waals surface area contributed by atoms with Crippen LogP contribution >= 0.6 is 0 Å². The van der Waals surface area contributed by atoms with E-state index >= 15 is 0 Å². The number of aliphatic hydroxyl groups is 1. The highest BCUT2D eigenvalue weighted by molar-refractivity contribution is 5.83. The van der Waals surface area contributed by atoms with E-state index in [0.717, 1.165) is 44.0 Å². The first kappa shape index (κ1) is 16.5. The predicted molar refractivity (Wildman–Crippen MR) is 91.2 cm³/mol. The maximum absolute atomic E-state index is 12.7. The summed E-state index contributed by atoms with van der Waals surface area (Å²) < 4.78 is 0. The molecule has 1 saturated heterocycles. The summed E-state index contributed by atoms with van der Waals surface area (Å²) in [6.07, 6.45) is 4.30.